The fourth-order valence-corrected chi connectivity index (χ4v) is 3.41. The molecule has 0 aliphatic carbocycles. The molecule has 0 amide bonds. The minimum atomic E-state index is -1.24. The molecule has 0 radical (unpaired) electrons. The second kappa shape index (κ2) is 36.7. The predicted molar refractivity (Wildman–Crippen MR) is 199 cm³/mol. The van der Waals surface area contributed by atoms with Crippen molar-refractivity contribution in [2.45, 2.75) is 12.5 Å². The molecule has 21 N–H and O–H groups in total. The van der Waals surface area contributed by atoms with Crippen molar-refractivity contribution < 1.29 is 121 Å². The Morgan fingerprint density at radius 3 is 0.534 bits per heavy atom. The van der Waals surface area contributed by atoms with E-state index in [4.69, 9.17) is 80.6 Å². The van der Waals surface area contributed by atoms with Gasteiger partial charge < -0.3 is 121 Å². The molecular formula is C34H76O24. The molecule has 0 aromatic carbocycles. The van der Waals surface area contributed by atoms with Crippen LogP contribution in [0.1, 0.15) is 6.42 Å². The number of rotatable bonds is 33. The fourth-order valence-electron chi connectivity index (χ4n) is 3.41. The largest absolute Gasteiger partial charge is 0.396 e. The van der Waals surface area contributed by atoms with E-state index in [1.807, 2.05) is 0 Å². The van der Waals surface area contributed by atoms with Gasteiger partial charge >= 0.3 is 0 Å². The molecule has 0 aromatic rings. The third kappa shape index (κ3) is 23.9. The summed E-state index contributed by atoms with van der Waals surface area (Å²) < 4.78 is 15.9. The number of hydrogen-bond acceptors (Lipinski definition) is 24. The SMILES string of the molecule is OCC(CO)(CO)CO.OCC(CO)(CO)COCC(CO)(CO)CO.OCC(CO)(CO)COCC(CO)(CO)COCC(CO)(CO)CO.OCCC(O)CO. The van der Waals surface area contributed by atoms with E-state index in [0.29, 0.717) is 0 Å². The van der Waals surface area contributed by atoms with Crippen LogP contribution >= 0.6 is 0 Å². The van der Waals surface area contributed by atoms with E-state index in [1.54, 1.807) is 0 Å². The molecule has 0 bridgehead atoms. The van der Waals surface area contributed by atoms with Gasteiger partial charge in [-0.25, -0.2) is 0 Å². The third-order valence-corrected chi connectivity index (χ3v) is 9.16. The van der Waals surface area contributed by atoms with Crippen LogP contribution in [0.15, 0.2) is 0 Å². The molecule has 24 heteroatoms. The van der Waals surface area contributed by atoms with Crippen LogP contribution in [0.25, 0.3) is 0 Å². The maximum absolute atomic E-state index is 9.56. The summed E-state index contributed by atoms with van der Waals surface area (Å²) in [5, 5.41) is 187. The van der Waals surface area contributed by atoms with Gasteiger partial charge in [0.05, 0.1) is 204 Å². The highest BCUT2D eigenvalue weighted by atomic mass is 16.5. The first-order valence-electron chi connectivity index (χ1n) is 18.1. The quantitative estimate of drug-likeness (QED) is 0.0291. The highest BCUT2D eigenvalue weighted by Crippen LogP contribution is 2.23. The average molecular weight is 869 g/mol. The van der Waals surface area contributed by atoms with Crippen molar-refractivity contribution in [2.75, 3.05) is 172 Å². The van der Waals surface area contributed by atoms with E-state index in [2.05, 4.69) is 0 Å². The Balaban J connectivity index is -0.000000378. The second-order valence-corrected chi connectivity index (χ2v) is 14.7. The molecule has 0 fully saturated rings. The first-order valence-corrected chi connectivity index (χ1v) is 18.1. The monoisotopic (exact) mass is 868 g/mol. The van der Waals surface area contributed by atoms with Gasteiger partial charge in [0.2, 0.25) is 0 Å². The van der Waals surface area contributed by atoms with Gasteiger partial charge in [-0.2, -0.15) is 0 Å². The van der Waals surface area contributed by atoms with Crippen LogP contribution in [0.4, 0.5) is 0 Å². The van der Waals surface area contributed by atoms with Crippen LogP contribution in [0.3, 0.4) is 0 Å². The molecule has 24 nitrogen and oxygen atoms in total. The molecule has 1 unspecified atom stereocenters. The van der Waals surface area contributed by atoms with Crippen LogP contribution < -0.4 is 0 Å². The van der Waals surface area contributed by atoms with E-state index in [1.165, 1.54) is 0 Å². The zero-order valence-electron chi connectivity index (χ0n) is 33.3. The van der Waals surface area contributed by atoms with E-state index < -0.39 is 158 Å². The molecule has 0 rings (SSSR count). The van der Waals surface area contributed by atoms with Crippen molar-refractivity contribution in [3.05, 3.63) is 0 Å². The molecular weight excluding hydrogens is 792 g/mol. The Kier molecular flexibility index (Phi) is 40.3. The lowest BCUT2D eigenvalue weighted by Gasteiger charge is -2.34. The van der Waals surface area contributed by atoms with Crippen LogP contribution in [0.2, 0.25) is 0 Å². The first-order chi connectivity index (χ1) is 27.5. The Bertz CT molecular complexity index is 765. The molecule has 0 heterocycles. The van der Waals surface area contributed by atoms with Gasteiger partial charge in [0, 0.05) is 6.61 Å². The van der Waals surface area contributed by atoms with E-state index in [-0.39, 0.29) is 59.3 Å². The Morgan fingerprint density at radius 1 is 0.259 bits per heavy atom. The summed E-state index contributed by atoms with van der Waals surface area (Å²) in [5.41, 5.74) is -7.12. The smallest absolute Gasteiger partial charge is 0.0792 e. The lowest BCUT2D eigenvalue weighted by atomic mass is 9.90. The number of aliphatic hydroxyl groups is 21. The van der Waals surface area contributed by atoms with Crippen molar-refractivity contribution in [3.8, 4) is 0 Å². The Hall–Kier alpha value is -0.960. The van der Waals surface area contributed by atoms with Crippen LogP contribution in [-0.4, -0.2) is 285 Å². The summed E-state index contributed by atoms with van der Waals surface area (Å²) in [6.45, 7) is -9.78. The average Bonchev–Trinajstić information content (AvgIpc) is 3.28. The summed E-state index contributed by atoms with van der Waals surface area (Å²) in [5.74, 6) is 0. The van der Waals surface area contributed by atoms with Crippen molar-refractivity contribution in [2.24, 2.45) is 32.5 Å². The summed E-state index contributed by atoms with van der Waals surface area (Å²) in [6.07, 6.45) is -0.485. The molecule has 1 atom stereocenters. The lowest BCUT2D eigenvalue weighted by molar-refractivity contribution is -0.127. The van der Waals surface area contributed by atoms with Crippen LogP contribution in [0, 0.1) is 32.5 Å². The fraction of sp³-hybridized carbons (Fsp3) is 1.00. The Morgan fingerprint density at radius 2 is 0.431 bits per heavy atom. The molecule has 0 aromatic heterocycles. The zero-order valence-corrected chi connectivity index (χ0v) is 33.3. The normalized spacial score (nSPS) is 13.2. The minimum Gasteiger partial charge on any atom is -0.396 e. The summed E-state index contributed by atoms with van der Waals surface area (Å²) in [7, 11) is 0. The van der Waals surface area contributed by atoms with E-state index in [9.17, 15) is 40.9 Å². The van der Waals surface area contributed by atoms with Gasteiger partial charge in [-0.15, -0.1) is 0 Å². The predicted octanol–water partition coefficient (Wildman–Crippen LogP) is -10.5. The van der Waals surface area contributed by atoms with E-state index in [0.717, 1.165) is 0 Å². The van der Waals surface area contributed by atoms with Gasteiger partial charge in [-0.05, 0) is 6.42 Å². The topological polar surface area (TPSA) is 453 Å². The van der Waals surface area contributed by atoms with Gasteiger partial charge in [0.15, 0.2) is 0 Å². The first kappa shape index (κ1) is 63.7. The summed E-state index contributed by atoms with van der Waals surface area (Å²) in [6, 6.07) is 0. The lowest BCUT2D eigenvalue weighted by Crippen LogP contribution is -2.45. The summed E-state index contributed by atoms with van der Waals surface area (Å²) >= 11 is 0. The number of aliphatic hydroxyl groups excluding tert-OH is 21. The molecule has 58 heavy (non-hydrogen) atoms. The van der Waals surface area contributed by atoms with Crippen molar-refractivity contribution >= 4 is 0 Å². The molecule has 0 saturated carbocycles. The van der Waals surface area contributed by atoms with Gasteiger partial charge in [0.1, 0.15) is 0 Å². The Labute approximate surface area is 338 Å². The van der Waals surface area contributed by atoms with Gasteiger partial charge in [-0.3, -0.25) is 0 Å². The standard InChI is InChI=1S/C15H32O10.C10H22O7.C5H12O4.C4H10O3/c16-1-13(2-17,3-18)9-24-11-15(7-22,8-23)12-25-10-14(4-19,5-20)6-21;11-1-9(2-12,3-13)7-17-8-10(4-14,5-15)6-16;6-1-5(2-7,3-8)4-9;5-2-1-4(7)3-6/h16-23H,1-12H2;11-16H,1-8H2;6-9H,1-4H2;4-7H,1-3H2. The molecule has 0 spiro atoms. The third-order valence-electron chi connectivity index (χ3n) is 9.16. The van der Waals surface area contributed by atoms with Crippen LogP contribution in [-0.2, 0) is 14.2 Å². The van der Waals surface area contributed by atoms with Crippen molar-refractivity contribution in [1.82, 2.24) is 0 Å². The molecule has 0 aliphatic rings. The van der Waals surface area contributed by atoms with Gasteiger partial charge in [-0.1, -0.05) is 0 Å². The highest BCUT2D eigenvalue weighted by molar-refractivity contribution is 4.83. The van der Waals surface area contributed by atoms with Crippen molar-refractivity contribution in [3.63, 3.8) is 0 Å². The molecule has 0 saturated heterocycles. The van der Waals surface area contributed by atoms with E-state index >= 15 is 0 Å². The highest BCUT2D eigenvalue weighted by Gasteiger charge is 2.36. The maximum Gasteiger partial charge on any atom is 0.0792 e. The van der Waals surface area contributed by atoms with Gasteiger partial charge in [0.25, 0.3) is 0 Å². The zero-order chi connectivity index (χ0) is 45.8. The van der Waals surface area contributed by atoms with Crippen molar-refractivity contribution in [1.29, 1.82) is 0 Å². The maximum atomic E-state index is 9.56. The molecule has 356 valence electrons. The second-order valence-electron chi connectivity index (χ2n) is 14.7. The molecule has 0 aliphatic heterocycles. The summed E-state index contributed by atoms with van der Waals surface area (Å²) in [4.78, 5) is 0. The minimum absolute atomic E-state index is 0.0677. The number of hydrogen-bond donors (Lipinski definition) is 21. The van der Waals surface area contributed by atoms with Crippen LogP contribution in [0.5, 0.6) is 0 Å². The number of ether oxygens (including phenoxy) is 3.